The first-order valence-electron chi connectivity index (χ1n) is 15.1. The maximum atomic E-state index is 13.4. The van der Waals surface area contributed by atoms with E-state index in [1.165, 1.54) is 31.8 Å². The van der Waals surface area contributed by atoms with Gasteiger partial charge in [-0.2, -0.15) is 0 Å². The summed E-state index contributed by atoms with van der Waals surface area (Å²) >= 11 is 0. The van der Waals surface area contributed by atoms with Crippen LogP contribution < -0.4 is 0 Å². The maximum Gasteiger partial charge on any atom is 0.348 e. The van der Waals surface area contributed by atoms with Gasteiger partial charge in [0.2, 0.25) is 6.10 Å². The summed E-state index contributed by atoms with van der Waals surface area (Å²) in [5.74, 6) is -6.38. The lowest BCUT2D eigenvalue weighted by Crippen LogP contribution is -2.76. The van der Waals surface area contributed by atoms with Crippen LogP contribution in [0.1, 0.15) is 78.6 Å². The van der Waals surface area contributed by atoms with Gasteiger partial charge >= 0.3 is 11.9 Å². The minimum Gasteiger partial charge on any atom is -0.459 e. The van der Waals surface area contributed by atoms with E-state index in [-0.39, 0.29) is 25.0 Å². The average Bonchev–Trinajstić information content (AvgIpc) is 3.22. The van der Waals surface area contributed by atoms with Crippen molar-refractivity contribution in [3.05, 3.63) is 36.0 Å². The number of aliphatic hydroxyl groups is 3. The van der Waals surface area contributed by atoms with Crippen LogP contribution in [0.4, 0.5) is 0 Å². The van der Waals surface area contributed by atoms with Crippen LogP contribution in [0.3, 0.4) is 0 Å². The van der Waals surface area contributed by atoms with Gasteiger partial charge in [0.1, 0.15) is 18.3 Å². The van der Waals surface area contributed by atoms with Crippen LogP contribution in [0.2, 0.25) is 0 Å². The van der Waals surface area contributed by atoms with Crippen molar-refractivity contribution in [3.63, 3.8) is 0 Å². The average molecular weight is 573 g/mol. The Morgan fingerprint density at radius 3 is 2.59 bits per heavy atom. The summed E-state index contributed by atoms with van der Waals surface area (Å²) in [6, 6.07) is 0. The number of carbonyl (C=O) groups is 3. The molecule has 0 radical (unpaired) electrons. The predicted molar refractivity (Wildman–Crippen MR) is 148 cm³/mol. The Bertz CT molecular complexity index is 1160. The Labute approximate surface area is 241 Å². The fourth-order valence-corrected chi connectivity index (χ4v) is 8.83. The molecule has 226 valence electrons. The zero-order chi connectivity index (χ0) is 29.7. The molecule has 0 aromatic heterocycles. The Kier molecular flexibility index (Phi) is 8.13. The molecule has 5 aliphatic rings. The highest BCUT2D eigenvalue weighted by molar-refractivity contribution is 5.96. The van der Waals surface area contributed by atoms with Crippen molar-refractivity contribution in [1.82, 2.24) is 0 Å². The number of hydrogen-bond donors (Lipinski definition) is 3. The van der Waals surface area contributed by atoms with Crippen molar-refractivity contribution in [2.45, 2.75) is 109 Å². The molecule has 2 aliphatic heterocycles. The molecule has 5 rings (SSSR count). The Hall–Kier alpha value is -2.33. The Balaban J connectivity index is 1.38. The van der Waals surface area contributed by atoms with Gasteiger partial charge in [-0.1, -0.05) is 70.3 Å². The first-order valence-corrected chi connectivity index (χ1v) is 15.1. The van der Waals surface area contributed by atoms with Gasteiger partial charge in [-0.05, 0) is 43.8 Å². The summed E-state index contributed by atoms with van der Waals surface area (Å²) in [7, 11) is 0. The maximum absolute atomic E-state index is 13.4. The molecule has 10 atom stereocenters. The van der Waals surface area contributed by atoms with Crippen molar-refractivity contribution < 1.29 is 43.9 Å². The van der Waals surface area contributed by atoms with E-state index in [4.69, 9.17) is 14.2 Å². The van der Waals surface area contributed by atoms with Gasteiger partial charge in [0, 0.05) is 17.3 Å². The van der Waals surface area contributed by atoms with Gasteiger partial charge in [0.05, 0.1) is 18.4 Å². The molecule has 2 heterocycles. The molecule has 2 saturated heterocycles. The van der Waals surface area contributed by atoms with Crippen molar-refractivity contribution in [2.75, 3.05) is 6.61 Å². The number of unbranched alkanes of at least 4 members (excludes halogenated alkanes) is 6. The number of ketones is 1. The van der Waals surface area contributed by atoms with Crippen molar-refractivity contribution in [1.29, 1.82) is 0 Å². The zero-order valence-corrected chi connectivity index (χ0v) is 24.3. The van der Waals surface area contributed by atoms with Gasteiger partial charge in [0.25, 0.3) is 0 Å². The first kappa shape index (κ1) is 30.1. The fraction of sp³-hybridized carbons (Fsp3) is 0.719. The largest absolute Gasteiger partial charge is 0.459 e. The number of rotatable bonds is 10. The van der Waals surface area contributed by atoms with E-state index in [9.17, 15) is 29.7 Å². The van der Waals surface area contributed by atoms with Crippen LogP contribution in [0, 0.1) is 28.6 Å². The lowest BCUT2D eigenvalue weighted by atomic mass is 9.38. The summed E-state index contributed by atoms with van der Waals surface area (Å²) in [6.45, 7) is 9.60. The highest BCUT2D eigenvalue weighted by atomic mass is 16.7. The number of hydrogen-bond acceptors (Lipinski definition) is 9. The molecule has 0 aromatic carbocycles. The van der Waals surface area contributed by atoms with E-state index in [2.05, 4.69) is 13.5 Å². The quantitative estimate of drug-likeness (QED) is 0.204. The fourth-order valence-electron chi connectivity index (χ4n) is 8.83. The molecule has 9 heteroatoms. The number of fused-ring (bicyclic) bond motifs is 1. The van der Waals surface area contributed by atoms with E-state index in [0.717, 1.165) is 19.3 Å². The van der Waals surface area contributed by atoms with Crippen LogP contribution in [0.5, 0.6) is 0 Å². The normalized spacial score (nSPS) is 42.9. The summed E-state index contributed by atoms with van der Waals surface area (Å²) in [5.41, 5.74) is -1.59. The smallest absolute Gasteiger partial charge is 0.348 e. The summed E-state index contributed by atoms with van der Waals surface area (Å²) in [5, 5.41) is 34.5. The van der Waals surface area contributed by atoms with Crippen molar-refractivity contribution in [3.8, 4) is 0 Å². The molecular weight excluding hydrogens is 528 g/mol. The first-order chi connectivity index (χ1) is 19.4. The topological polar surface area (TPSA) is 140 Å². The minimum atomic E-state index is -2.17. The molecule has 9 nitrogen and oxygen atoms in total. The monoisotopic (exact) mass is 572 g/mol. The molecule has 3 N–H and O–H groups in total. The lowest BCUT2D eigenvalue weighted by Gasteiger charge is -2.67. The molecule has 3 aliphatic carbocycles. The predicted octanol–water partition coefficient (Wildman–Crippen LogP) is 3.30. The molecule has 2 saturated carbocycles. The second-order valence-electron chi connectivity index (χ2n) is 13.0. The van der Waals surface area contributed by atoms with E-state index in [1.807, 2.05) is 6.08 Å². The standard InChI is InChI=1S/C32H44O9/c1-5-6-7-8-9-10-11-12-13-14-23(34)41-25-24-19(3)26(35)32(38)29-30(4)20(18(2)15-21(33)27(30)36)16-22(40-28(25)37)31(24,29)17-39-32/h12-13,15,20,22,24-27,29,35-36,38H,3,5-11,14,16-17H2,1-2,4H3/b13-12+/t20-,22+,24-,25+,26-,27+,29-,30+,31-,32+/m0/s1. The molecule has 41 heavy (non-hydrogen) atoms. The third-order valence-electron chi connectivity index (χ3n) is 10.7. The second-order valence-corrected chi connectivity index (χ2v) is 13.0. The molecule has 0 aromatic rings. The molecule has 1 spiro atoms. The Morgan fingerprint density at radius 2 is 1.85 bits per heavy atom. The summed E-state index contributed by atoms with van der Waals surface area (Å²) < 4.78 is 17.6. The number of allylic oxidation sites excluding steroid dienone is 2. The number of esters is 2. The third-order valence-corrected chi connectivity index (χ3v) is 10.7. The van der Waals surface area contributed by atoms with E-state index in [1.54, 1.807) is 19.9 Å². The Morgan fingerprint density at radius 1 is 1.15 bits per heavy atom. The molecule has 4 fully saturated rings. The molecule has 2 bridgehead atoms. The van der Waals surface area contributed by atoms with Crippen molar-refractivity contribution in [2.24, 2.45) is 28.6 Å². The van der Waals surface area contributed by atoms with Gasteiger partial charge in [0.15, 0.2) is 11.6 Å². The SMILES string of the molecule is C=C1[C@H](O)[C@@]2(O)OC[C@@]34[C@@H](C[C@H]5C(C)=CC(=O)[C@@H](O)[C@]5(C)[C@H]23)OC(=O)[C@H](OC(=O)C/C=C/CCCCCCCC)[C@H]14. The van der Waals surface area contributed by atoms with Crippen LogP contribution in [0.15, 0.2) is 36.0 Å². The number of carbonyl (C=O) groups excluding carboxylic acids is 3. The number of aliphatic hydroxyl groups excluding tert-OH is 2. The van der Waals surface area contributed by atoms with Crippen LogP contribution in [0.25, 0.3) is 0 Å². The van der Waals surface area contributed by atoms with Crippen molar-refractivity contribution >= 4 is 17.7 Å². The van der Waals surface area contributed by atoms with Gasteiger partial charge in [-0.25, -0.2) is 4.79 Å². The van der Waals surface area contributed by atoms with E-state index >= 15 is 0 Å². The summed E-state index contributed by atoms with van der Waals surface area (Å²) in [4.78, 5) is 39.2. The van der Waals surface area contributed by atoms with Gasteiger partial charge in [-0.15, -0.1) is 0 Å². The minimum absolute atomic E-state index is 0.0291. The highest BCUT2D eigenvalue weighted by Gasteiger charge is 2.83. The highest BCUT2D eigenvalue weighted by Crippen LogP contribution is 2.73. The van der Waals surface area contributed by atoms with Gasteiger partial charge < -0.3 is 29.5 Å². The molecule has 0 unspecified atom stereocenters. The second kappa shape index (κ2) is 11.1. The van der Waals surface area contributed by atoms with E-state index in [0.29, 0.717) is 5.57 Å². The van der Waals surface area contributed by atoms with Gasteiger partial charge in [-0.3, -0.25) is 9.59 Å². The summed E-state index contributed by atoms with van der Waals surface area (Å²) in [6.07, 6.45) is 7.98. The van der Waals surface area contributed by atoms with Crippen LogP contribution in [-0.2, 0) is 28.6 Å². The van der Waals surface area contributed by atoms with Crippen LogP contribution in [-0.4, -0.2) is 69.9 Å². The zero-order valence-electron chi connectivity index (χ0n) is 24.3. The van der Waals surface area contributed by atoms with Crippen LogP contribution >= 0.6 is 0 Å². The molecule has 0 amide bonds. The third kappa shape index (κ3) is 4.46. The van der Waals surface area contributed by atoms with E-state index < -0.39 is 76.5 Å². The molecular formula is C32H44O9. The number of ether oxygens (including phenoxy) is 3. The lowest BCUT2D eigenvalue weighted by molar-refractivity contribution is -0.311.